The SMILES string of the molecule is COc1c(I)cc(C(F)F)nc1F. The molecule has 13 heavy (non-hydrogen) atoms. The second-order valence-electron chi connectivity index (χ2n) is 2.15. The molecule has 0 saturated heterocycles. The fraction of sp³-hybridized carbons (Fsp3) is 0.286. The molecule has 0 radical (unpaired) electrons. The monoisotopic (exact) mass is 303 g/mol. The van der Waals surface area contributed by atoms with Crippen molar-refractivity contribution in [1.82, 2.24) is 4.98 Å². The lowest BCUT2D eigenvalue weighted by atomic mass is 10.3. The van der Waals surface area contributed by atoms with Gasteiger partial charge < -0.3 is 4.74 Å². The number of nitrogens with zero attached hydrogens (tertiary/aromatic N) is 1. The summed E-state index contributed by atoms with van der Waals surface area (Å²) in [6.07, 6.45) is -2.77. The highest BCUT2D eigenvalue weighted by Gasteiger charge is 2.16. The Balaban J connectivity index is 3.20. The maximum atomic E-state index is 12.9. The van der Waals surface area contributed by atoms with Crippen LogP contribution in [0.15, 0.2) is 6.07 Å². The first-order valence-electron chi connectivity index (χ1n) is 3.24. The molecule has 0 aliphatic carbocycles. The zero-order valence-electron chi connectivity index (χ0n) is 6.52. The standard InChI is InChI=1S/C7H5F3INO/c1-13-5-3(11)2-4(6(8)9)12-7(5)10/h2,6H,1H3. The Morgan fingerprint density at radius 3 is 2.54 bits per heavy atom. The Labute approximate surface area is 86.3 Å². The summed E-state index contributed by atoms with van der Waals surface area (Å²) >= 11 is 1.71. The van der Waals surface area contributed by atoms with Crippen molar-refractivity contribution in [1.29, 1.82) is 0 Å². The van der Waals surface area contributed by atoms with Crippen LogP contribution in [0.5, 0.6) is 5.75 Å². The maximum absolute atomic E-state index is 12.9. The van der Waals surface area contributed by atoms with Gasteiger partial charge in [-0.2, -0.15) is 4.39 Å². The van der Waals surface area contributed by atoms with Gasteiger partial charge in [0.15, 0.2) is 5.75 Å². The molecule has 0 saturated carbocycles. The van der Waals surface area contributed by atoms with E-state index in [9.17, 15) is 13.2 Å². The molecule has 0 bridgehead atoms. The van der Waals surface area contributed by atoms with Crippen molar-refractivity contribution >= 4 is 22.6 Å². The average Bonchev–Trinajstić information content (AvgIpc) is 2.03. The molecule has 0 N–H and O–H groups in total. The number of alkyl halides is 2. The van der Waals surface area contributed by atoms with Crippen LogP contribution in [-0.2, 0) is 0 Å². The van der Waals surface area contributed by atoms with Crippen molar-refractivity contribution in [3.8, 4) is 5.75 Å². The van der Waals surface area contributed by atoms with Gasteiger partial charge in [0.2, 0.25) is 0 Å². The van der Waals surface area contributed by atoms with Crippen LogP contribution in [0.1, 0.15) is 12.1 Å². The lowest BCUT2D eigenvalue weighted by molar-refractivity contribution is 0.144. The van der Waals surface area contributed by atoms with Crippen LogP contribution >= 0.6 is 22.6 Å². The number of hydrogen-bond acceptors (Lipinski definition) is 2. The van der Waals surface area contributed by atoms with E-state index in [0.29, 0.717) is 0 Å². The molecule has 72 valence electrons. The molecule has 0 aliphatic heterocycles. The number of halogens is 4. The number of pyridine rings is 1. The molecule has 1 aromatic heterocycles. The summed E-state index contributed by atoms with van der Waals surface area (Å²) in [5.41, 5.74) is -0.581. The average molecular weight is 303 g/mol. The van der Waals surface area contributed by atoms with E-state index in [0.717, 1.165) is 6.07 Å². The van der Waals surface area contributed by atoms with E-state index in [1.165, 1.54) is 7.11 Å². The molecule has 0 unspecified atom stereocenters. The van der Waals surface area contributed by atoms with E-state index in [1.807, 2.05) is 0 Å². The minimum absolute atomic E-state index is 0.106. The first-order valence-corrected chi connectivity index (χ1v) is 4.32. The number of aromatic nitrogens is 1. The highest BCUT2D eigenvalue weighted by atomic mass is 127. The third kappa shape index (κ3) is 2.23. The molecule has 1 heterocycles. The van der Waals surface area contributed by atoms with E-state index in [-0.39, 0.29) is 9.32 Å². The molecule has 0 atom stereocenters. The predicted molar refractivity (Wildman–Crippen MR) is 48.4 cm³/mol. The van der Waals surface area contributed by atoms with Crippen LogP contribution in [0.2, 0.25) is 0 Å². The van der Waals surface area contributed by atoms with E-state index < -0.39 is 18.1 Å². The summed E-state index contributed by atoms with van der Waals surface area (Å²) < 4.78 is 42.0. The van der Waals surface area contributed by atoms with Gasteiger partial charge in [0.1, 0.15) is 5.69 Å². The Morgan fingerprint density at radius 2 is 2.15 bits per heavy atom. The molecule has 1 aromatic rings. The van der Waals surface area contributed by atoms with E-state index in [1.54, 1.807) is 22.6 Å². The summed E-state index contributed by atoms with van der Waals surface area (Å²) in [5.74, 6) is -1.12. The summed E-state index contributed by atoms with van der Waals surface area (Å²) in [6, 6.07) is 1.09. The van der Waals surface area contributed by atoms with Crippen molar-refractivity contribution in [3.05, 3.63) is 21.3 Å². The van der Waals surface area contributed by atoms with Crippen molar-refractivity contribution in [2.24, 2.45) is 0 Å². The first kappa shape index (κ1) is 10.6. The number of methoxy groups -OCH3 is 1. The molecule has 6 heteroatoms. The van der Waals surface area contributed by atoms with Gasteiger partial charge in [-0.25, -0.2) is 13.8 Å². The molecule has 2 nitrogen and oxygen atoms in total. The van der Waals surface area contributed by atoms with Crippen LogP contribution in [-0.4, -0.2) is 12.1 Å². The van der Waals surface area contributed by atoms with Gasteiger partial charge in [0.05, 0.1) is 10.7 Å². The van der Waals surface area contributed by atoms with Crippen LogP contribution in [0.3, 0.4) is 0 Å². The first-order chi connectivity index (χ1) is 6.06. The molecule has 0 aromatic carbocycles. The second kappa shape index (κ2) is 4.12. The van der Waals surface area contributed by atoms with Crippen molar-refractivity contribution < 1.29 is 17.9 Å². The van der Waals surface area contributed by atoms with Crippen LogP contribution in [0.25, 0.3) is 0 Å². The largest absolute Gasteiger partial charge is 0.491 e. The zero-order valence-corrected chi connectivity index (χ0v) is 8.68. The zero-order chi connectivity index (χ0) is 10.0. The normalized spacial score (nSPS) is 10.6. The third-order valence-electron chi connectivity index (χ3n) is 1.33. The van der Waals surface area contributed by atoms with Gasteiger partial charge >= 0.3 is 0 Å². The number of ether oxygens (including phenoxy) is 1. The molecular formula is C7H5F3INO. The van der Waals surface area contributed by atoms with E-state index in [4.69, 9.17) is 0 Å². The molecular weight excluding hydrogens is 298 g/mol. The molecule has 0 aliphatic rings. The predicted octanol–water partition coefficient (Wildman–Crippen LogP) is 2.77. The van der Waals surface area contributed by atoms with Crippen molar-refractivity contribution in [3.63, 3.8) is 0 Å². The van der Waals surface area contributed by atoms with Crippen molar-refractivity contribution in [2.75, 3.05) is 7.11 Å². The summed E-state index contributed by atoms with van der Waals surface area (Å²) in [6.45, 7) is 0. The lowest BCUT2D eigenvalue weighted by Gasteiger charge is -2.05. The van der Waals surface area contributed by atoms with Gasteiger partial charge in [-0.1, -0.05) is 0 Å². The lowest BCUT2D eigenvalue weighted by Crippen LogP contribution is -1.99. The Hall–Kier alpha value is -0.530. The highest BCUT2D eigenvalue weighted by Crippen LogP contribution is 2.27. The minimum atomic E-state index is -2.77. The maximum Gasteiger partial charge on any atom is 0.280 e. The minimum Gasteiger partial charge on any atom is -0.491 e. The Morgan fingerprint density at radius 1 is 1.54 bits per heavy atom. The van der Waals surface area contributed by atoms with Crippen molar-refractivity contribution in [2.45, 2.75) is 6.43 Å². The van der Waals surface area contributed by atoms with Gasteiger partial charge in [-0.3, -0.25) is 0 Å². The number of rotatable bonds is 2. The van der Waals surface area contributed by atoms with Gasteiger partial charge in [0, 0.05) is 0 Å². The highest BCUT2D eigenvalue weighted by molar-refractivity contribution is 14.1. The second-order valence-corrected chi connectivity index (χ2v) is 3.32. The molecule has 0 fully saturated rings. The Kier molecular flexibility index (Phi) is 3.34. The Bertz CT molecular complexity index is 296. The van der Waals surface area contributed by atoms with Crippen LogP contribution in [0.4, 0.5) is 13.2 Å². The smallest absolute Gasteiger partial charge is 0.280 e. The topological polar surface area (TPSA) is 22.1 Å². The summed E-state index contributed by atoms with van der Waals surface area (Å²) in [4.78, 5) is 3.06. The molecule has 0 spiro atoms. The fourth-order valence-electron chi connectivity index (χ4n) is 0.784. The third-order valence-corrected chi connectivity index (χ3v) is 2.14. The van der Waals surface area contributed by atoms with Gasteiger partial charge in [-0.15, -0.1) is 0 Å². The van der Waals surface area contributed by atoms with E-state index in [2.05, 4.69) is 9.72 Å². The molecule has 0 amide bonds. The molecule has 1 rings (SSSR count). The van der Waals surface area contributed by atoms with Crippen LogP contribution < -0.4 is 4.74 Å². The van der Waals surface area contributed by atoms with Crippen LogP contribution in [0, 0.1) is 9.52 Å². The quantitative estimate of drug-likeness (QED) is 0.619. The number of hydrogen-bond donors (Lipinski definition) is 0. The van der Waals surface area contributed by atoms with Gasteiger partial charge in [-0.05, 0) is 28.7 Å². The summed E-state index contributed by atoms with van der Waals surface area (Å²) in [5, 5.41) is 0. The summed E-state index contributed by atoms with van der Waals surface area (Å²) in [7, 11) is 1.25. The van der Waals surface area contributed by atoms with Gasteiger partial charge in [0.25, 0.3) is 12.4 Å². The fourth-order valence-corrected chi connectivity index (χ4v) is 1.55. The van der Waals surface area contributed by atoms with E-state index >= 15 is 0 Å².